The first-order valence-electron chi connectivity index (χ1n) is 40.6. The first kappa shape index (κ1) is 144. The zero-order valence-electron chi connectivity index (χ0n) is 80.5. The van der Waals surface area contributed by atoms with Crippen molar-refractivity contribution in [2.24, 2.45) is 32.2 Å². The standard InChI is InChI=1S/C14H14N4OS.C13H14ClN3OS.C9H7N3O.C9H11NO3.C8H9ClN2O2.C8H9NO3.C7H7ClN2O2.C5H8N2S.C5H8O3.C4H4N4.C3H9OSi.Cl3OP.Cl2OS.2ClH.K/c1-3-11-12(6-15)17-8-13(18-11)14(19)5-4-10-7-16-9(2)20-10;1-3-10-13(14)16-7-11(17-10)12(18)5-4-9-6-15-8(2)19-9;1-2-7-9(13)3-6(4-10)8(5-11)12-7;1-3-6-8(11)5-4-7(10-6)9(12)13-2;1-3-5-7(9)10-4-6(11-5)8(12)13-2;1-2-5-7(10)4-3-6(9-5)8(11)12;1-2-4-6(8)9-3-5(10-4)7(11)12;1-4-7-3-5(2-6)8-4;1-3-4(6)5(7)8-2;5-1-3(7)4(8)2-6;2*1-5(2,3)4;1-4(2)3;;;/h7-8H,3-5H2,1-2H3;6-7H,3-5H2,1-2H3;2-3H2,1H3;4H,3,5H2,1-2H3;4H,3H2,1-2H3;3H,2,4H2,1H3,(H,11,12);3H,2H2,1H3,(H,11,12);3H,2,6H2,1H3;3H2,1-2H3;7-8H2;1-3H3;;;2*1H;/q;;;;;;;;;;-1;;;;;+1/b;;;;;;;;;4-3-;;;;;;. The third-order valence-corrected chi connectivity index (χ3v) is 19.5. The number of nitrogens with two attached hydrogens (primary N) is 3. The Balaban J connectivity index is -0.000000362. The summed E-state index contributed by atoms with van der Waals surface area (Å²) in [5.74, 6) is -4.71. The maximum Gasteiger partial charge on any atom is 1.00 e. The van der Waals surface area contributed by atoms with Crippen LogP contribution in [0.25, 0.3) is 0 Å². The number of aryl methyl sites for hydroxylation is 9. The minimum atomic E-state index is -3.22. The Kier molecular flexibility index (Phi) is 80.6. The zero-order valence-corrected chi connectivity index (χ0v) is 96.5. The second-order valence-electron chi connectivity index (χ2n) is 27.1. The van der Waals surface area contributed by atoms with Crippen molar-refractivity contribution in [3.63, 3.8) is 0 Å². The molecule has 8 N–H and O–H groups in total. The van der Waals surface area contributed by atoms with E-state index in [0.29, 0.717) is 144 Å². The Morgan fingerprint density at radius 1 is 0.510 bits per heavy atom. The molecule has 41 nitrogen and oxygen atoms in total. The number of carbonyl (C=O) groups is 11. The molecule has 3 aliphatic heterocycles. The van der Waals surface area contributed by atoms with E-state index in [1.54, 1.807) is 80.6 Å². The van der Waals surface area contributed by atoms with Gasteiger partial charge >= 0.3 is 86.4 Å². The SMILES string of the molecule is CCC(=O)C(=O)OC.CCC1=NC(C#N)=C(C#N)CC1=O.CCC1=NC(C(=O)O)=CCC1=O.CCC1=NC(C(=O)OC)=CCC1=O.CCc1nc(C(=O)CCc2cnc(C)s2)cnc1C#N.CCc1nc(C(=O)CCc2cnc(C)s2)cnc1Cl.CCc1nc(C(=O)O)cnc1Cl.CCc1nc(C(=O)OC)cnc1Cl.C[Si](C)(C)[O-].Cc1ncc(CN)s1.Cl.Cl.N#C/C(N)=C(/N)C#N.O=P(Cl)(Cl)Cl.O=S(Cl)Cl.[K+]. The minimum Gasteiger partial charge on any atom is -0.859 e. The predicted octanol–water partition coefficient (Wildman–Crippen LogP) is 13.5. The van der Waals surface area contributed by atoms with Crippen molar-refractivity contribution in [2.75, 3.05) is 21.3 Å². The molecule has 143 heavy (non-hydrogen) atoms. The molecule has 7 aromatic heterocycles. The number of carbonyl (C=O) groups excluding carboxylic acids is 9. The van der Waals surface area contributed by atoms with Crippen LogP contribution in [-0.4, -0.2) is 181 Å². The molecule has 0 atom stereocenters. The molecule has 0 amide bonds. The van der Waals surface area contributed by atoms with Gasteiger partial charge in [-0.25, -0.2) is 98.0 Å². The summed E-state index contributed by atoms with van der Waals surface area (Å²) in [6.07, 6.45) is 20.3. The number of ketones is 6. The maximum absolute atomic E-state index is 12.1. The van der Waals surface area contributed by atoms with Crippen molar-refractivity contribution >= 4 is 253 Å². The third kappa shape index (κ3) is 64.3. The molecule has 770 valence electrons. The maximum atomic E-state index is 12.1. The number of aromatic nitrogens is 11. The quantitative estimate of drug-likeness (QED) is 0.00615. The molecular formula is C85H102Cl10KN22O19PS4Si. The molecule has 10 rings (SSSR count). The number of allylic oxidation sites excluding steroid dienone is 6. The number of hydrogen-bond donors (Lipinski definition) is 5. The second kappa shape index (κ2) is 79.9. The summed E-state index contributed by atoms with van der Waals surface area (Å²) >= 11 is 36.0. The molecule has 0 spiro atoms. The van der Waals surface area contributed by atoms with Gasteiger partial charge in [0.2, 0.25) is 15.0 Å². The summed E-state index contributed by atoms with van der Waals surface area (Å²) in [7, 11) is 9.28. The Morgan fingerprint density at radius 2 is 0.853 bits per heavy atom. The number of carboxylic acids is 2. The average molecular weight is 2320 g/mol. The molecule has 7 aromatic rings. The topological polar surface area (TPSA) is 689 Å². The molecule has 0 radical (unpaired) electrons. The van der Waals surface area contributed by atoms with Crippen LogP contribution in [0.2, 0.25) is 35.1 Å². The molecular weight excluding hydrogens is 2210 g/mol. The summed E-state index contributed by atoms with van der Waals surface area (Å²) in [4.78, 5) is 190. The number of esters is 3. The van der Waals surface area contributed by atoms with Gasteiger partial charge in [-0.2, -0.15) is 26.3 Å². The molecule has 0 bridgehead atoms. The van der Waals surface area contributed by atoms with E-state index < -0.39 is 58.4 Å². The average Bonchev–Trinajstić information content (AvgIpc) is 1.25. The van der Waals surface area contributed by atoms with E-state index in [-0.39, 0.29) is 181 Å². The fourth-order valence-electron chi connectivity index (χ4n) is 9.02. The van der Waals surface area contributed by atoms with Crippen LogP contribution in [0.4, 0.5) is 0 Å². The third-order valence-electron chi connectivity index (χ3n) is 15.7. The molecule has 3 aliphatic rings. The number of aliphatic imine (C=N–C) groups is 3. The summed E-state index contributed by atoms with van der Waals surface area (Å²) in [6.45, 7) is 26.4. The van der Waals surface area contributed by atoms with Gasteiger partial charge in [-0.15, -0.1) is 58.8 Å². The van der Waals surface area contributed by atoms with Gasteiger partial charge in [-0.1, -0.05) is 118 Å². The van der Waals surface area contributed by atoms with Crippen molar-refractivity contribution in [1.29, 1.82) is 26.3 Å². The van der Waals surface area contributed by atoms with Gasteiger partial charge in [0.1, 0.15) is 58.5 Å². The number of ether oxygens (including phenoxy) is 3. The number of thiazole rings is 3. The largest absolute Gasteiger partial charge is 1.00 e. The number of carboxylic acid groups (broad SMARTS) is 2. The zero-order chi connectivity index (χ0) is 108. The Labute approximate surface area is 935 Å². The molecule has 0 unspecified atom stereocenters. The van der Waals surface area contributed by atoms with E-state index in [0.717, 1.165) is 35.9 Å². The first-order valence-corrected chi connectivity index (χ1v) is 54.8. The van der Waals surface area contributed by atoms with Gasteiger partial charge in [0.05, 0.1) is 119 Å². The van der Waals surface area contributed by atoms with Gasteiger partial charge < -0.3 is 46.4 Å². The monoisotopic (exact) mass is 2310 g/mol. The Morgan fingerprint density at radius 3 is 1.15 bits per heavy atom. The molecule has 0 saturated heterocycles. The molecule has 0 saturated carbocycles. The number of rotatable bonds is 22. The molecule has 0 fully saturated rings. The predicted molar refractivity (Wildman–Crippen MR) is 550 cm³/mol. The second-order valence-corrected chi connectivity index (χ2v) is 45.5. The van der Waals surface area contributed by atoms with Gasteiger partial charge in [0, 0.05) is 93.2 Å². The van der Waals surface area contributed by atoms with Crippen LogP contribution < -0.4 is 73.4 Å². The number of aliphatic carboxylic acids is 1. The number of methoxy groups -OCH3 is 3. The Bertz CT molecular complexity index is 5950. The molecule has 0 aliphatic carbocycles. The number of aromatic carboxylic acids is 1. The number of hydrogen-bond acceptors (Lipinski definition) is 42. The van der Waals surface area contributed by atoms with Gasteiger partial charge in [-0.3, -0.25) is 33.3 Å². The van der Waals surface area contributed by atoms with E-state index in [1.807, 2.05) is 86.0 Å². The summed E-state index contributed by atoms with van der Waals surface area (Å²) in [5, 5.41) is 60.0. The summed E-state index contributed by atoms with van der Waals surface area (Å²) < 4.78 is 31.7. The number of nitrogens with zero attached hydrogens (tertiary/aromatic N) is 19. The van der Waals surface area contributed by atoms with Gasteiger partial charge in [0.15, 0.2) is 67.2 Å². The normalized spacial score (nSPS) is 11.6. The fourth-order valence-corrected chi connectivity index (χ4v) is 12.0. The van der Waals surface area contributed by atoms with Crippen molar-refractivity contribution in [3.05, 3.63) is 186 Å². The van der Waals surface area contributed by atoms with Crippen LogP contribution in [-0.2, 0) is 107 Å². The van der Waals surface area contributed by atoms with Crippen molar-refractivity contribution in [2.45, 2.75) is 199 Å². The van der Waals surface area contributed by atoms with Gasteiger partial charge in [-0.05, 0) is 124 Å². The molecule has 58 heteroatoms. The fraction of sp³-hybridized carbons (Fsp3) is 0.388. The number of Topliss-reactive ketones (excluding diaryl/α,β-unsaturated/α-hetero) is 6. The first-order chi connectivity index (χ1) is 65.6. The van der Waals surface area contributed by atoms with Crippen LogP contribution in [0.15, 0.2) is 105 Å². The van der Waals surface area contributed by atoms with E-state index >= 15 is 0 Å². The summed E-state index contributed by atoms with van der Waals surface area (Å²) in [6, 6.07) is 8.65. The molecule has 10 heterocycles. The van der Waals surface area contributed by atoms with E-state index in [1.165, 1.54) is 64.2 Å². The minimum absolute atomic E-state index is 0. The number of nitriles is 5. The molecule has 0 aromatic carbocycles. The van der Waals surface area contributed by atoms with Crippen molar-refractivity contribution < 1.29 is 142 Å². The van der Waals surface area contributed by atoms with E-state index in [9.17, 15) is 62.1 Å². The van der Waals surface area contributed by atoms with Gasteiger partial charge in [0.25, 0.3) is 0 Å². The van der Waals surface area contributed by atoms with Crippen LogP contribution >= 0.6 is 154 Å². The van der Waals surface area contributed by atoms with Crippen molar-refractivity contribution in [3.8, 4) is 30.3 Å². The van der Waals surface area contributed by atoms with Crippen LogP contribution in [0, 0.1) is 77.4 Å². The smallest absolute Gasteiger partial charge is 0.859 e. The van der Waals surface area contributed by atoms with Crippen LogP contribution in [0.5, 0.6) is 0 Å². The van der Waals surface area contributed by atoms with Crippen LogP contribution in [0.1, 0.15) is 213 Å². The van der Waals surface area contributed by atoms with Crippen molar-refractivity contribution in [1.82, 2.24) is 54.8 Å². The van der Waals surface area contributed by atoms with E-state index in [2.05, 4.69) is 139 Å². The summed E-state index contributed by atoms with van der Waals surface area (Å²) in [5.41, 5.74) is 19.8. The Hall–Kier alpha value is -9.35. The van der Waals surface area contributed by atoms with E-state index in [4.69, 9.17) is 92.7 Å². The number of halogens is 10. The van der Waals surface area contributed by atoms with Crippen LogP contribution in [0.3, 0.4) is 0 Å².